The first kappa shape index (κ1) is 22.7. The zero-order valence-corrected chi connectivity index (χ0v) is 16.3. The van der Waals surface area contributed by atoms with Crippen molar-refractivity contribution in [1.29, 1.82) is 0 Å². The lowest BCUT2D eigenvalue weighted by Crippen LogP contribution is -2.49. The lowest BCUT2D eigenvalue weighted by Gasteiger charge is -2.32. The highest BCUT2D eigenvalue weighted by atomic mass is 19.4. The summed E-state index contributed by atoms with van der Waals surface area (Å²) in [6.07, 6.45) is -1.61. The van der Waals surface area contributed by atoms with E-state index in [1.165, 1.54) is 12.3 Å². The molecule has 0 atom stereocenters. The number of amides is 1. The molecule has 1 aliphatic heterocycles. The van der Waals surface area contributed by atoms with Gasteiger partial charge in [0, 0.05) is 31.9 Å². The van der Waals surface area contributed by atoms with Crippen molar-refractivity contribution in [2.75, 3.05) is 39.3 Å². The van der Waals surface area contributed by atoms with Crippen molar-refractivity contribution >= 4 is 11.9 Å². The molecule has 4 N–H and O–H groups in total. The molecule has 0 unspecified atom stereocenters. The summed E-state index contributed by atoms with van der Waals surface area (Å²) in [5.41, 5.74) is 4.31. The second-order valence-corrected chi connectivity index (χ2v) is 6.62. The standard InChI is InChI=1S/C18H27F3N6O2/c1-2-23-17(26-13-5-9-27(10-6-13)12-15(22)28)25-8-11-29-16-14(18(19,20)21)4-3-7-24-16/h3-4,7,13H,2,5-6,8-12H2,1H3,(H2,22,28)(H2,23,25,26). The van der Waals surface area contributed by atoms with Gasteiger partial charge in [-0.15, -0.1) is 0 Å². The van der Waals surface area contributed by atoms with Gasteiger partial charge in [-0.25, -0.2) is 9.98 Å². The first-order valence-electron chi connectivity index (χ1n) is 9.50. The smallest absolute Gasteiger partial charge is 0.421 e. The Balaban J connectivity index is 1.83. The second-order valence-electron chi connectivity index (χ2n) is 6.62. The minimum absolute atomic E-state index is 0.0340. The van der Waals surface area contributed by atoms with Crippen LogP contribution in [-0.4, -0.2) is 67.1 Å². The summed E-state index contributed by atoms with van der Waals surface area (Å²) in [5, 5.41) is 6.42. The molecule has 2 heterocycles. The van der Waals surface area contributed by atoms with Gasteiger partial charge < -0.3 is 21.1 Å². The van der Waals surface area contributed by atoms with Gasteiger partial charge in [0.2, 0.25) is 11.8 Å². The highest BCUT2D eigenvalue weighted by Crippen LogP contribution is 2.34. The summed E-state index contributed by atoms with van der Waals surface area (Å²) in [6.45, 7) is 4.47. The number of aromatic nitrogens is 1. The topological polar surface area (TPSA) is 105 Å². The van der Waals surface area contributed by atoms with E-state index in [9.17, 15) is 18.0 Å². The number of carbonyl (C=O) groups is 1. The molecule has 1 saturated heterocycles. The second kappa shape index (κ2) is 10.8. The van der Waals surface area contributed by atoms with Gasteiger partial charge in [0.25, 0.3) is 0 Å². The number of rotatable bonds is 8. The number of carbonyl (C=O) groups excluding carboxylic acids is 1. The van der Waals surface area contributed by atoms with E-state index in [2.05, 4.69) is 20.6 Å². The molecule has 1 aromatic heterocycles. The number of hydrogen-bond acceptors (Lipinski definition) is 5. The van der Waals surface area contributed by atoms with Crippen molar-refractivity contribution in [1.82, 2.24) is 20.5 Å². The Labute approximate surface area is 167 Å². The fourth-order valence-corrected chi connectivity index (χ4v) is 2.99. The predicted molar refractivity (Wildman–Crippen MR) is 103 cm³/mol. The van der Waals surface area contributed by atoms with Crippen LogP contribution in [0.4, 0.5) is 13.2 Å². The van der Waals surface area contributed by atoms with Gasteiger partial charge in [0.05, 0.1) is 13.1 Å². The molecule has 1 fully saturated rings. The van der Waals surface area contributed by atoms with Gasteiger partial charge in [-0.1, -0.05) is 0 Å². The summed E-state index contributed by atoms with van der Waals surface area (Å²) in [4.78, 5) is 21.0. The maximum atomic E-state index is 12.9. The number of alkyl halides is 3. The van der Waals surface area contributed by atoms with Gasteiger partial charge in [0.15, 0.2) is 5.96 Å². The largest absolute Gasteiger partial charge is 0.475 e. The molecule has 0 radical (unpaired) electrons. The van der Waals surface area contributed by atoms with Crippen LogP contribution >= 0.6 is 0 Å². The highest BCUT2D eigenvalue weighted by molar-refractivity contribution is 5.80. The lowest BCUT2D eigenvalue weighted by molar-refractivity contribution is -0.139. The fraction of sp³-hybridized carbons (Fsp3) is 0.611. The number of aliphatic imine (C=N–C) groups is 1. The molecule has 29 heavy (non-hydrogen) atoms. The number of primary amides is 1. The number of pyridine rings is 1. The third-order valence-corrected chi connectivity index (χ3v) is 4.33. The van der Waals surface area contributed by atoms with E-state index < -0.39 is 17.6 Å². The number of nitrogens with two attached hydrogens (primary N) is 1. The maximum Gasteiger partial charge on any atom is 0.421 e. The highest BCUT2D eigenvalue weighted by Gasteiger charge is 2.35. The number of piperidine rings is 1. The monoisotopic (exact) mass is 416 g/mol. The molecule has 2 rings (SSSR count). The van der Waals surface area contributed by atoms with Crippen LogP contribution in [0.3, 0.4) is 0 Å². The number of likely N-dealkylation sites (tertiary alicyclic amines) is 1. The molecular formula is C18H27F3N6O2. The van der Waals surface area contributed by atoms with Crippen molar-refractivity contribution in [3.8, 4) is 5.88 Å². The number of guanidine groups is 1. The van der Waals surface area contributed by atoms with Crippen LogP contribution in [0.5, 0.6) is 5.88 Å². The summed E-state index contributed by atoms with van der Waals surface area (Å²) < 4.78 is 44.0. The van der Waals surface area contributed by atoms with Crippen molar-refractivity contribution in [3.05, 3.63) is 23.9 Å². The van der Waals surface area contributed by atoms with Crippen LogP contribution in [0.1, 0.15) is 25.3 Å². The summed E-state index contributed by atoms with van der Waals surface area (Å²) in [7, 11) is 0. The van der Waals surface area contributed by atoms with Crippen LogP contribution in [0, 0.1) is 0 Å². The number of hydrogen-bond donors (Lipinski definition) is 3. The first-order chi connectivity index (χ1) is 13.8. The molecule has 0 aromatic carbocycles. The summed E-state index contributed by atoms with van der Waals surface area (Å²) >= 11 is 0. The number of nitrogens with zero attached hydrogens (tertiary/aromatic N) is 3. The minimum Gasteiger partial charge on any atom is -0.475 e. The number of ether oxygens (including phenoxy) is 1. The molecule has 1 amide bonds. The van der Waals surface area contributed by atoms with Gasteiger partial charge in [-0.2, -0.15) is 13.2 Å². The van der Waals surface area contributed by atoms with Gasteiger partial charge in [-0.05, 0) is 31.9 Å². The van der Waals surface area contributed by atoms with E-state index in [1.54, 1.807) is 0 Å². The third kappa shape index (κ3) is 7.76. The number of nitrogens with one attached hydrogen (secondary N) is 2. The van der Waals surface area contributed by atoms with Crippen LogP contribution in [0.2, 0.25) is 0 Å². The van der Waals surface area contributed by atoms with Gasteiger partial charge >= 0.3 is 6.18 Å². The van der Waals surface area contributed by atoms with Crippen LogP contribution < -0.4 is 21.1 Å². The van der Waals surface area contributed by atoms with Crippen LogP contribution in [0.15, 0.2) is 23.3 Å². The molecule has 8 nitrogen and oxygen atoms in total. The van der Waals surface area contributed by atoms with Crippen LogP contribution in [-0.2, 0) is 11.0 Å². The molecule has 1 aromatic rings. The predicted octanol–water partition coefficient (Wildman–Crippen LogP) is 0.984. The molecule has 162 valence electrons. The normalized spacial score (nSPS) is 16.5. The van der Waals surface area contributed by atoms with Crippen molar-refractivity contribution in [3.63, 3.8) is 0 Å². The van der Waals surface area contributed by atoms with Crippen LogP contribution in [0.25, 0.3) is 0 Å². The van der Waals surface area contributed by atoms with E-state index >= 15 is 0 Å². The van der Waals surface area contributed by atoms with Crippen molar-refractivity contribution in [2.45, 2.75) is 32.0 Å². The molecular weight excluding hydrogens is 389 g/mol. The lowest BCUT2D eigenvalue weighted by atomic mass is 10.1. The average molecular weight is 416 g/mol. The molecule has 0 bridgehead atoms. The third-order valence-electron chi connectivity index (χ3n) is 4.33. The van der Waals surface area contributed by atoms with E-state index in [1.807, 2.05) is 11.8 Å². The first-order valence-corrected chi connectivity index (χ1v) is 9.50. The van der Waals surface area contributed by atoms with Gasteiger partial charge in [-0.3, -0.25) is 9.69 Å². The zero-order chi connectivity index (χ0) is 21.3. The summed E-state index contributed by atoms with van der Waals surface area (Å²) in [5.74, 6) is -0.218. The van der Waals surface area contributed by atoms with Gasteiger partial charge in [0.1, 0.15) is 12.2 Å². The summed E-state index contributed by atoms with van der Waals surface area (Å²) in [6, 6.07) is 2.34. The van der Waals surface area contributed by atoms with E-state index in [0.29, 0.717) is 12.5 Å². The van der Waals surface area contributed by atoms with E-state index in [-0.39, 0.29) is 31.6 Å². The fourth-order valence-electron chi connectivity index (χ4n) is 2.99. The molecule has 0 saturated carbocycles. The Morgan fingerprint density at radius 3 is 2.76 bits per heavy atom. The quantitative estimate of drug-likeness (QED) is 0.332. The molecule has 0 spiro atoms. The molecule has 1 aliphatic rings. The van der Waals surface area contributed by atoms with Crippen molar-refractivity contribution in [2.24, 2.45) is 10.7 Å². The van der Waals surface area contributed by atoms with E-state index in [4.69, 9.17) is 10.5 Å². The zero-order valence-electron chi connectivity index (χ0n) is 16.3. The SMILES string of the molecule is CCNC(=NCCOc1ncccc1C(F)(F)F)NC1CCN(CC(N)=O)CC1. The average Bonchev–Trinajstić information content (AvgIpc) is 2.66. The van der Waals surface area contributed by atoms with Crippen molar-refractivity contribution < 1.29 is 22.7 Å². The Hall–Kier alpha value is -2.56. The van der Waals surface area contributed by atoms with E-state index in [0.717, 1.165) is 32.0 Å². The molecule has 0 aliphatic carbocycles. The Kier molecular flexibility index (Phi) is 8.50. The Morgan fingerprint density at radius 1 is 1.41 bits per heavy atom. The number of halogens is 3. The molecule has 11 heteroatoms. The Bertz CT molecular complexity index is 690. The minimum atomic E-state index is -4.52. The Morgan fingerprint density at radius 2 is 2.14 bits per heavy atom. The maximum absolute atomic E-state index is 12.9.